The maximum Gasteiger partial charge on any atom is 0.158 e. The fourth-order valence-electron chi connectivity index (χ4n) is 3.55. The number of anilines is 1. The van der Waals surface area contributed by atoms with Crippen LogP contribution in [0.5, 0.6) is 0 Å². The average Bonchev–Trinajstić information content (AvgIpc) is 2.99. The van der Waals surface area contributed by atoms with Crippen LogP contribution in [-0.2, 0) is 4.74 Å². The Labute approximate surface area is 136 Å². The van der Waals surface area contributed by atoms with Crippen LogP contribution in [0.15, 0.2) is 24.7 Å². The number of hydrogen-bond acceptors (Lipinski definition) is 6. The fourth-order valence-corrected chi connectivity index (χ4v) is 3.55. The third kappa shape index (κ3) is 3.28. The zero-order valence-electron chi connectivity index (χ0n) is 13.4. The molecule has 2 aliphatic rings. The van der Waals surface area contributed by atoms with Crippen LogP contribution in [0, 0.1) is 0 Å². The number of ether oxygens (including phenoxy) is 1. The van der Waals surface area contributed by atoms with Crippen LogP contribution >= 0.6 is 0 Å². The monoisotopic (exact) mass is 313 g/mol. The molecule has 2 aromatic rings. The Morgan fingerprint density at radius 1 is 1.09 bits per heavy atom. The molecule has 122 valence electrons. The Kier molecular flexibility index (Phi) is 4.35. The molecule has 6 heteroatoms. The van der Waals surface area contributed by atoms with E-state index in [-0.39, 0.29) is 0 Å². The molecular weight excluding hydrogens is 290 g/mol. The van der Waals surface area contributed by atoms with Crippen molar-refractivity contribution in [2.24, 2.45) is 0 Å². The Morgan fingerprint density at radius 2 is 2.09 bits per heavy atom. The summed E-state index contributed by atoms with van der Waals surface area (Å²) in [4.78, 5) is 18.2. The minimum absolute atomic E-state index is 0.433. The maximum atomic E-state index is 5.78. The van der Waals surface area contributed by atoms with Gasteiger partial charge in [0.2, 0.25) is 0 Å². The van der Waals surface area contributed by atoms with Gasteiger partial charge in [-0.2, -0.15) is 0 Å². The molecular formula is C17H23N5O. The summed E-state index contributed by atoms with van der Waals surface area (Å²) in [5.41, 5.74) is 1.82. The summed E-state index contributed by atoms with van der Waals surface area (Å²) in [6.45, 7) is 6.19. The average molecular weight is 313 g/mol. The van der Waals surface area contributed by atoms with Crippen LogP contribution in [-0.4, -0.2) is 65.3 Å². The molecule has 0 spiro atoms. The van der Waals surface area contributed by atoms with E-state index in [1.807, 2.05) is 18.3 Å². The Hall–Kier alpha value is -1.79. The SMILES string of the molecule is c1cnc2c(N3CCCN(CC4CCCO4)CC3)ncnc2c1. The van der Waals surface area contributed by atoms with Gasteiger partial charge < -0.3 is 9.64 Å². The van der Waals surface area contributed by atoms with Gasteiger partial charge in [-0.3, -0.25) is 9.88 Å². The van der Waals surface area contributed by atoms with E-state index < -0.39 is 0 Å². The molecule has 0 radical (unpaired) electrons. The largest absolute Gasteiger partial charge is 0.377 e. The highest BCUT2D eigenvalue weighted by atomic mass is 16.5. The van der Waals surface area contributed by atoms with Crippen molar-refractivity contribution in [3.63, 3.8) is 0 Å². The van der Waals surface area contributed by atoms with Gasteiger partial charge in [-0.05, 0) is 37.9 Å². The molecule has 23 heavy (non-hydrogen) atoms. The molecule has 0 aliphatic carbocycles. The summed E-state index contributed by atoms with van der Waals surface area (Å²) in [5, 5.41) is 0. The first-order chi connectivity index (χ1) is 11.4. The van der Waals surface area contributed by atoms with Crippen LogP contribution in [0.2, 0.25) is 0 Å². The second-order valence-electron chi connectivity index (χ2n) is 6.34. The first kappa shape index (κ1) is 14.8. The minimum atomic E-state index is 0.433. The van der Waals surface area contributed by atoms with Gasteiger partial charge in [0.1, 0.15) is 11.8 Å². The molecule has 4 rings (SSSR count). The van der Waals surface area contributed by atoms with Gasteiger partial charge in [0.05, 0.1) is 11.6 Å². The summed E-state index contributed by atoms with van der Waals surface area (Å²) >= 11 is 0. The molecule has 6 nitrogen and oxygen atoms in total. The third-order valence-electron chi connectivity index (χ3n) is 4.75. The Morgan fingerprint density at radius 3 is 3.00 bits per heavy atom. The van der Waals surface area contributed by atoms with Crippen molar-refractivity contribution < 1.29 is 4.74 Å². The van der Waals surface area contributed by atoms with Crippen LogP contribution in [0.25, 0.3) is 11.0 Å². The van der Waals surface area contributed by atoms with E-state index in [0.29, 0.717) is 6.10 Å². The lowest BCUT2D eigenvalue weighted by atomic mass is 10.2. The smallest absolute Gasteiger partial charge is 0.158 e. The summed E-state index contributed by atoms with van der Waals surface area (Å²) in [7, 11) is 0. The van der Waals surface area contributed by atoms with Gasteiger partial charge in [0.25, 0.3) is 0 Å². The minimum Gasteiger partial charge on any atom is -0.377 e. The van der Waals surface area contributed by atoms with Crippen LogP contribution < -0.4 is 4.90 Å². The third-order valence-corrected chi connectivity index (χ3v) is 4.75. The van der Waals surface area contributed by atoms with Gasteiger partial charge >= 0.3 is 0 Å². The molecule has 2 fully saturated rings. The summed E-state index contributed by atoms with van der Waals surface area (Å²) in [6.07, 6.45) is 7.46. The van der Waals surface area contributed by atoms with E-state index in [2.05, 4.69) is 24.8 Å². The van der Waals surface area contributed by atoms with Crippen LogP contribution in [0.1, 0.15) is 19.3 Å². The highest BCUT2D eigenvalue weighted by Gasteiger charge is 2.22. The molecule has 2 saturated heterocycles. The topological polar surface area (TPSA) is 54.4 Å². The lowest BCUT2D eigenvalue weighted by molar-refractivity contribution is 0.0754. The molecule has 2 aromatic heterocycles. The molecule has 0 aromatic carbocycles. The van der Waals surface area contributed by atoms with Crippen molar-refractivity contribution in [3.05, 3.63) is 24.7 Å². The predicted octanol–water partition coefficient (Wildman–Crippen LogP) is 1.72. The molecule has 1 unspecified atom stereocenters. The standard InChI is InChI=1S/C17H23N5O/c1-5-15-16(18-6-1)17(20-13-19-15)22-8-3-7-21(9-10-22)12-14-4-2-11-23-14/h1,5-6,13-14H,2-4,7-12H2. The van der Waals surface area contributed by atoms with E-state index >= 15 is 0 Å². The van der Waals surface area contributed by atoms with E-state index in [1.54, 1.807) is 6.33 Å². The van der Waals surface area contributed by atoms with E-state index in [0.717, 1.165) is 62.6 Å². The first-order valence-electron chi connectivity index (χ1n) is 8.55. The van der Waals surface area contributed by atoms with Gasteiger partial charge in [0.15, 0.2) is 5.82 Å². The maximum absolute atomic E-state index is 5.78. The van der Waals surface area contributed by atoms with Crippen molar-refractivity contribution in [1.82, 2.24) is 19.9 Å². The van der Waals surface area contributed by atoms with Crippen molar-refractivity contribution in [3.8, 4) is 0 Å². The number of pyridine rings is 1. The van der Waals surface area contributed by atoms with Gasteiger partial charge in [0, 0.05) is 39.0 Å². The van der Waals surface area contributed by atoms with Crippen molar-refractivity contribution >= 4 is 16.9 Å². The Balaban J connectivity index is 1.47. The van der Waals surface area contributed by atoms with Crippen molar-refractivity contribution in [1.29, 1.82) is 0 Å². The number of rotatable bonds is 3. The number of nitrogens with zero attached hydrogens (tertiary/aromatic N) is 5. The van der Waals surface area contributed by atoms with Gasteiger partial charge in [-0.25, -0.2) is 9.97 Å². The number of hydrogen-bond donors (Lipinski definition) is 0. The lowest BCUT2D eigenvalue weighted by Gasteiger charge is -2.24. The quantitative estimate of drug-likeness (QED) is 0.860. The normalized spacial score (nSPS) is 23.3. The van der Waals surface area contributed by atoms with Crippen molar-refractivity contribution in [2.75, 3.05) is 44.2 Å². The second kappa shape index (κ2) is 6.76. The van der Waals surface area contributed by atoms with E-state index in [9.17, 15) is 0 Å². The van der Waals surface area contributed by atoms with Gasteiger partial charge in [-0.15, -0.1) is 0 Å². The van der Waals surface area contributed by atoms with Crippen molar-refractivity contribution in [2.45, 2.75) is 25.4 Å². The lowest BCUT2D eigenvalue weighted by Crippen LogP contribution is -2.36. The van der Waals surface area contributed by atoms with E-state index in [1.165, 1.54) is 12.8 Å². The van der Waals surface area contributed by atoms with Gasteiger partial charge in [-0.1, -0.05) is 0 Å². The molecule has 2 aliphatic heterocycles. The summed E-state index contributed by atoms with van der Waals surface area (Å²) in [6, 6.07) is 3.92. The first-order valence-corrected chi connectivity index (χ1v) is 8.55. The Bertz CT molecular complexity index is 653. The zero-order valence-corrected chi connectivity index (χ0v) is 13.4. The highest BCUT2D eigenvalue weighted by molar-refractivity contribution is 5.84. The molecule has 0 bridgehead atoms. The fraction of sp³-hybridized carbons (Fsp3) is 0.588. The zero-order chi connectivity index (χ0) is 15.5. The number of aromatic nitrogens is 3. The summed E-state index contributed by atoms with van der Waals surface area (Å²) < 4.78 is 5.78. The number of fused-ring (bicyclic) bond motifs is 1. The summed E-state index contributed by atoms with van der Waals surface area (Å²) in [5.74, 6) is 0.967. The molecule has 0 N–H and O–H groups in total. The predicted molar refractivity (Wildman–Crippen MR) is 89.6 cm³/mol. The van der Waals surface area contributed by atoms with E-state index in [4.69, 9.17) is 4.74 Å². The second-order valence-corrected chi connectivity index (χ2v) is 6.34. The molecule has 4 heterocycles. The van der Waals surface area contributed by atoms with Crippen LogP contribution in [0.3, 0.4) is 0 Å². The highest BCUT2D eigenvalue weighted by Crippen LogP contribution is 2.22. The molecule has 1 atom stereocenters. The van der Waals surface area contributed by atoms with Crippen LogP contribution in [0.4, 0.5) is 5.82 Å². The molecule has 0 amide bonds. The molecule has 0 saturated carbocycles.